The number of rotatable bonds is 4. The second kappa shape index (κ2) is 8.98. The van der Waals surface area contributed by atoms with E-state index in [1.807, 2.05) is 32.0 Å². The lowest BCUT2D eigenvalue weighted by atomic mass is 9.88. The molecule has 2 aromatic rings. The summed E-state index contributed by atoms with van der Waals surface area (Å²) in [5, 5.41) is 2.62. The third-order valence-electron chi connectivity index (χ3n) is 3.46. The van der Waals surface area contributed by atoms with Crippen molar-refractivity contribution in [2.45, 2.75) is 33.1 Å². The Morgan fingerprint density at radius 3 is 2.27 bits per heavy atom. The van der Waals surface area contributed by atoms with Crippen molar-refractivity contribution in [3.8, 4) is 0 Å². The maximum absolute atomic E-state index is 13.0. The second-order valence-electron chi connectivity index (χ2n) is 4.72. The lowest BCUT2D eigenvalue weighted by Crippen LogP contribution is -2.18. The van der Waals surface area contributed by atoms with Crippen LogP contribution < -0.4 is 5.32 Å². The standard InChI is InChI=1S/C17H18FNO.C2H6/c1-3-16(12-7-9-15(18)10-8-12)13-5-4-6-14(11-13)17(20)19-2;1-2/h4-11,16H,3H2,1-2H3,(H,19,20);1-2H3. The minimum absolute atomic E-state index is 0.0965. The van der Waals surface area contributed by atoms with Gasteiger partial charge >= 0.3 is 0 Å². The third-order valence-corrected chi connectivity index (χ3v) is 3.46. The average molecular weight is 301 g/mol. The van der Waals surface area contributed by atoms with Crippen molar-refractivity contribution in [3.05, 3.63) is 71.0 Å². The van der Waals surface area contributed by atoms with Gasteiger partial charge in [-0.1, -0.05) is 45.0 Å². The molecule has 0 spiro atoms. The summed E-state index contributed by atoms with van der Waals surface area (Å²) in [5.41, 5.74) is 2.77. The van der Waals surface area contributed by atoms with Crippen LogP contribution in [0.3, 0.4) is 0 Å². The monoisotopic (exact) mass is 301 g/mol. The number of hydrogen-bond donors (Lipinski definition) is 1. The highest BCUT2D eigenvalue weighted by molar-refractivity contribution is 5.94. The molecule has 0 saturated carbocycles. The molecule has 2 nitrogen and oxygen atoms in total. The first-order chi connectivity index (χ1) is 10.7. The highest BCUT2D eigenvalue weighted by Gasteiger charge is 2.14. The van der Waals surface area contributed by atoms with Gasteiger partial charge in [0.05, 0.1) is 0 Å². The van der Waals surface area contributed by atoms with Crippen LogP contribution in [0.2, 0.25) is 0 Å². The molecule has 118 valence electrons. The van der Waals surface area contributed by atoms with E-state index in [2.05, 4.69) is 12.2 Å². The molecule has 0 aromatic heterocycles. The van der Waals surface area contributed by atoms with Crippen molar-refractivity contribution in [2.24, 2.45) is 0 Å². The first-order valence-corrected chi connectivity index (χ1v) is 7.73. The van der Waals surface area contributed by atoms with Crippen LogP contribution >= 0.6 is 0 Å². The molecule has 0 aliphatic carbocycles. The molecule has 22 heavy (non-hydrogen) atoms. The van der Waals surface area contributed by atoms with Gasteiger partial charge in [-0.2, -0.15) is 0 Å². The number of benzene rings is 2. The SMILES string of the molecule is CC.CCC(c1ccc(F)cc1)c1cccc(C(=O)NC)c1. The van der Waals surface area contributed by atoms with E-state index in [0.29, 0.717) is 5.56 Å². The normalized spacial score (nSPS) is 11.1. The van der Waals surface area contributed by atoms with Crippen molar-refractivity contribution in [2.75, 3.05) is 7.05 Å². The molecule has 2 aromatic carbocycles. The van der Waals surface area contributed by atoms with Crippen LogP contribution in [0.15, 0.2) is 48.5 Å². The smallest absolute Gasteiger partial charge is 0.251 e. The fourth-order valence-electron chi connectivity index (χ4n) is 2.40. The van der Waals surface area contributed by atoms with Gasteiger partial charge in [0, 0.05) is 18.5 Å². The summed E-state index contributed by atoms with van der Waals surface area (Å²) < 4.78 is 13.0. The highest BCUT2D eigenvalue weighted by atomic mass is 19.1. The fraction of sp³-hybridized carbons (Fsp3) is 0.316. The van der Waals surface area contributed by atoms with Crippen molar-refractivity contribution < 1.29 is 9.18 Å². The first kappa shape index (κ1) is 17.9. The Hall–Kier alpha value is -2.16. The Morgan fingerprint density at radius 2 is 1.73 bits per heavy atom. The van der Waals surface area contributed by atoms with Gasteiger partial charge in [-0.25, -0.2) is 4.39 Å². The molecule has 0 aliphatic rings. The van der Waals surface area contributed by atoms with Crippen molar-refractivity contribution >= 4 is 5.91 Å². The fourth-order valence-corrected chi connectivity index (χ4v) is 2.40. The molecule has 1 amide bonds. The Labute approximate surface area is 132 Å². The summed E-state index contributed by atoms with van der Waals surface area (Å²) in [7, 11) is 1.62. The van der Waals surface area contributed by atoms with Gasteiger partial charge in [-0.15, -0.1) is 0 Å². The van der Waals surface area contributed by atoms with Crippen LogP contribution in [-0.2, 0) is 0 Å². The Morgan fingerprint density at radius 1 is 1.09 bits per heavy atom. The Bertz CT molecular complexity index is 593. The number of halogens is 1. The van der Waals surface area contributed by atoms with E-state index in [4.69, 9.17) is 0 Å². The molecule has 0 heterocycles. The van der Waals surface area contributed by atoms with Crippen molar-refractivity contribution in [3.63, 3.8) is 0 Å². The average Bonchev–Trinajstić information content (AvgIpc) is 2.58. The Balaban J connectivity index is 0.00000116. The van der Waals surface area contributed by atoms with Crippen molar-refractivity contribution in [1.82, 2.24) is 5.32 Å². The molecule has 0 saturated heterocycles. The lowest BCUT2D eigenvalue weighted by Gasteiger charge is -2.16. The van der Waals surface area contributed by atoms with Crippen LogP contribution in [0.5, 0.6) is 0 Å². The summed E-state index contributed by atoms with van der Waals surface area (Å²) in [4.78, 5) is 11.7. The van der Waals surface area contributed by atoms with E-state index in [-0.39, 0.29) is 17.6 Å². The Kier molecular flexibility index (Phi) is 7.30. The summed E-state index contributed by atoms with van der Waals surface area (Å²) in [6.45, 7) is 6.08. The zero-order chi connectivity index (χ0) is 16.5. The number of carbonyl (C=O) groups excluding carboxylic acids is 1. The van der Waals surface area contributed by atoms with E-state index in [0.717, 1.165) is 17.5 Å². The predicted octanol–water partition coefficient (Wildman–Crippen LogP) is 4.75. The van der Waals surface area contributed by atoms with Gasteiger partial charge in [-0.3, -0.25) is 4.79 Å². The molecule has 0 fully saturated rings. The van der Waals surface area contributed by atoms with E-state index in [1.165, 1.54) is 12.1 Å². The minimum atomic E-state index is -0.234. The van der Waals surface area contributed by atoms with E-state index in [9.17, 15) is 9.18 Å². The summed E-state index contributed by atoms with van der Waals surface area (Å²) in [6.07, 6.45) is 0.892. The van der Waals surface area contributed by atoms with Gasteiger partial charge in [0.1, 0.15) is 5.82 Å². The van der Waals surface area contributed by atoms with Gasteiger partial charge in [0.15, 0.2) is 0 Å². The van der Waals surface area contributed by atoms with Gasteiger partial charge in [0.25, 0.3) is 5.91 Å². The van der Waals surface area contributed by atoms with Crippen molar-refractivity contribution in [1.29, 1.82) is 0 Å². The highest BCUT2D eigenvalue weighted by Crippen LogP contribution is 2.28. The zero-order valence-electron chi connectivity index (χ0n) is 13.7. The molecule has 0 radical (unpaired) electrons. The largest absolute Gasteiger partial charge is 0.355 e. The van der Waals surface area contributed by atoms with Crippen LogP contribution in [0.4, 0.5) is 4.39 Å². The van der Waals surface area contributed by atoms with E-state index < -0.39 is 0 Å². The summed E-state index contributed by atoms with van der Waals surface area (Å²) in [5.74, 6) is -0.163. The topological polar surface area (TPSA) is 29.1 Å². The van der Waals surface area contributed by atoms with Crippen LogP contribution in [-0.4, -0.2) is 13.0 Å². The van der Waals surface area contributed by atoms with E-state index >= 15 is 0 Å². The molecule has 1 unspecified atom stereocenters. The third kappa shape index (κ3) is 4.42. The van der Waals surface area contributed by atoms with Gasteiger partial charge < -0.3 is 5.32 Å². The molecule has 1 N–H and O–H groups in total. The van der Waals surface area contributed by atoms with Crippen LogP contribution in [0.25, 0.3) is 0 Å². The lowest BCUT2D eigenvalue weighted by molar-refractivity contribution is 0.0963. The number of amides is 1. The van der Waals surface area contributed by atoms with Gasteiger partial charge in [-0.05, 0) is 41.8 Å². The molecule has 0 bridgehead atoms. The van der Waals surface area contributed by atoms with E-state index in [1.54, 1.807) is 25.2 Å². The van der Waals surface area contributed by atoms with Crippen LogP contribution in [0.1, 0.15) is 54.6 Å². The van der Waals surface area contributed by atoms with Gasteiger partial charge in [0.2, 0.25) is 0 Å². The first-order valence-electron chi connectivity index (χ1n) is 7.73. The quantitative estimate of drug-likeness (QED) is 0.867. The summed E-state index contributed by atoms with van der Waals surface area (Å²) >= 11 is 0. The minimum Gasteiger partial charge on any atom is -0.355 e. The molecule has 0 aliphatic heterocycles. The molecule has 2 rings (SSSR count). The number of carbonyl (C=O) groups is 1. The number of nitrogens with one attached hydrogen (secondary N) is 1. The molecule has 1 atom stereocenters. The molecular formula is C19H24FNO. The second-order valence-corrected chi connectivity index (χ2v) is 4.72. The maximum atomic E-state index is 13.0. The van der Waals surface area contributed by atoms with Crippen LogP contribution in [0, 0.1) is 5.82 Å². The summed E-state index contributed by atoms with van der Waals surface area (Å²) in [6, 6.07) is 14.1. The molecule has 3 heteroatoms. The molecular weight excluding hydrogens is 277 g/mol. The number of hydrogen-bond acceptors (Lipinski definition) is 1. The zero-order valence-corrected chi connectivity index (χ0v) is 13.7. The maximum Gasteiger partial charge on any atom is 0.251 e. The predicted molar refractivity (Wildman–Crippen MR) is 89.7 cm³/mol.